The predicted octanol–water partition coefficient (Wildman–Crippen LogP) is 5.01. The fraction of sp³-hybridized carbons (Fsp3) is 0.450. The molecule has 3 rings (SSSR count). The maximum atomic E-state index is 12.7. The predicted molar refractivity (Wildman–Crippen MR) is 112 cm³/mol. The first kappa shape index (κ1) is 19.7. The van der Waals surface area contributed by atoms with Crippen LogP contribution in [0.2, 0.25) is 5.02 Å². The molecule has 0 spiro atoms. The lowest BCUT2D eigenvalue weighted by molar-refractivity contribution is -0.131. The van der Waals surface area contributed by atoms with Crippen LogP contribution in [-0.4, -0.2) is 47.1 Å². The molecule has 2 aromatic rings. The molecule has 1 aliphatic heterocycles. The van der Waals surface area contributed by atoms with E-state index in [-0.39, 0.29) is 11.2 Å². The van der Waals surface area contributed by atoms with Gasteiger partial charge >= 0.3 is 0 Å². The molecule has 1 unspecified atom stereocenters. The van der Waals surface area contributed by atoms with Gasteiger partial charge < -0.3 is 4.90 Å². The second-order valence-corrected chi connectivity index (χ2v) is 9.46. The molecule has 3 nitrogen and oxygen atoms in total. The van der Waals surface area contributed by atoms with E-state index in [1.165, 1.54) is 5.56 Å². The number of carbonyl (C=O) groups excluding carboxylic acids is 1. The first-order valence-corrected chi connectivity index (χ1v) is 11.2. The van der Waals surface area contributed by atoms with Crippen LogP contribution >= 0.6 is 34.7 Å². The Balaban J connectivity index is 1.46. The van der Waals surface area contributed by atoms with Crippen LogP contribution in [0.25, 0.3) is 0 Å². The summed E-state index contributed by atoms with van der Waals surface area (Å²) in [6.45, 7) is 6.85. The lowest BCUT2D eigenvalue weighted by atomic mass is 10.3. The first-order chi connectivity index (χ1) is 12.6. The number of nitrogens with zero attached hydrogens (tertiary/aromatic N) is 2. The van der Waals surface area contributed by atoms with Gasteiger partial charge in [0.15, 0.2) is 0 Å². The van der Waals surface area contributed by atoms with E-state index in [2.05, 4.69) is 28.7 Å². The van der Waals surface area contributed by atoms with E-state index in [1.54, 1.807) is 23.1 Å². The number of halogens is 1. The van der Waals surface area contributed by atoms with Crippen molar-refractivity contribution in [2.24, 2.45) is 0 Å². The summed E-state index contributed by atoms with van der Waals surface area (Å²) in [6.07, 6.45) is 1.63. The van der Waals surface area contributed by atoms with Crippen molar-refractivity contribution in [3.05, 3.63) is 51.7 Å². The Morgan fingerprint density at radius 1 is 1.19 bits per heavy atom. The number of thioether (sulfide) groups is 1. The molecule has 0 radical (unpaired) electrons. The van der Waals surface area contributed by atoms with Gasteiger partial charge in [0.05, 0.1) is 0 Å². The van der Waals surface area contributed by atoms with E-state index < -0.39 is 0 Å². The summed E-state index contributed by atoms with van der Waals surface area (Å²) in [6, 6.07) is 10.0. The average molecular weight is 409 g/mol. The normalized spacial score (nSPS) is 17.1. The highest BCUT2D eigenvalue weighted by molar-refractivity contribution is 8.00. The van der Waals surface area contributed by atoms with Gasteiger partial charge in [-0.3, -0.25) is 9.69 Å². The van der Waals surface area contributed by atoms with E-state index >= 15 is 0 Å². The fourth-order valence-corrected chi connectivity index (χ4v) is 4.95. The summed E-state index contributed by atoms with van der Waals surface area (Å²) >= 11 is 9.42. The summed E-state index contributed by atoms with van der Waals surface area (Å²) < 4.78 is 0. The zero-order valence-corrected chi connectivity index (χ0v) is 17.5. The number of hydrogen-bond acceptors (Lipinski definition) is 4. The van der Waals surface area contributed by atoms with Crippen LogP contribution in [0.3, 0.4) is 0 Å². The number of amides is 1. The highest BCUT2D eigenvalue weighted by Crippen LogP contribution is 2.27. The van der Waals surface area contributed by atoms with Crippen LogP contribution in [0.5, 0.6) is 0 Å². The molecule has 6 heteroatoms. The average Bonchev–Trinajstić information content (AvgIpc) is 3.01. The molecule has 1 saturated heterocycles. The largest absolute Gasteiger partial charge is 0.341 e. The molecule has 1 aliphatic rings. The summed E-state index contributed by atoms with van der Waals surface area (Å²) in [4.78, 5) is 18.4. The summed E-state index contributed by atoms with van der Waals surface area (Å²) in [5, 5.41) is 5.34. The highest BCUT2D eigenvalue weighted by atomic mass is 35.5. The minimum atomic E-state index is 0.258. The molecule has 1 amide bonds. The van der Waals surface area contributed by atoms with Gasteiger partial charge in [0.2, 0.25) is 5.91 Å². The standard InChI is InChI=1S/C20H25ClN2OS2/c1-16(26-19-5-3-18(21)4-6-19)13-20(24)23-9-2-8-22(10-11-23)14-17-7-12-25-15-17/h3-7,12,15-16H,2,8-11,13-14H2,1H3. The Morgan fingerprint density at radius 3 is 2.73 bits per heavy atom. The molecular weight excluding hydrogens is 384 g/mol. The van der Waals surface area contributed by atoms with Crippen molar-refractivity contribution in [1.29, 1.82) is 0 Å². The van der Waals surface area contributed by atoms with Crippen molar-refractivity contribution in [2.45, 2.75) is 36.5 Å². The SMILES string of the molecule is CC(CC(=O)N1CCCN(Cc2ccsc2)CC1)Sc1ccc(Cl)cc1. The number of benzene rings is 1. The van der Waals surface area contributed by atoms with Crippen molar-refractivity contribution in [3.63, 3.8) is 0 Å². The number of rotatable bonds is 6. The molecule has 1 aromatic carbocycles. The third kappa shape index (κ3) is 6.02. The number of hydrogen-bond donors (Lipinski definition) is 0. The van der Waals surface area contributed by atoms with Crippen LogP contribution < -0.4 is 0 Å². The molecule has 1 aromatic heterocycles. The van der Waals surface area contributed by atoms with Gasteiger partial charge in [-0.1, -0.05) is 18.5 Å². The zero-order chi connectivity index (χ0) is 18.4. The van der Waals surface area contributed by atoms with Crippen LogP contribution in [0, 0.1) is 0 Å². The van der Waals surface area contributed by atoms with Gasteiger partial charge in [-0.15, -0.1) is 11.8 Å². The second-order valence-electron chi connectivity index (χ2n) is 6.73. The Hall–Kier alpha value is -1.01. The molecule has 1 atom stereocenters. The molecular formula is C20H25ClN2OS2. The Morgan fingerprint density at radius 2 is 2.00 bits per heavy atom. The smallest absolute Gasteiger partial charge is 0.223 e. The van der Waals surface area contributed by atoms with Gasteiger partial charge in [0.1, 0.15) is 0 Å². The zero-order valence-electron chi connectivity index (χ0n) is 15.1. The van der Waals surface area contributed by atoms with E-state index in [4.69, 9.17) is 11.6 Å². The monoisotopic (exact) mass is 408 g/mol. The number of carbonyl (C=O) groups is 1. The van der Waals surface area contributed by atoms with E-state index in [0.29, 0.717) is 6.42 Å². The van der Waals surface area contributed by atoms with Crippen molar-refractivity contribution in [3.8, 4) is 0 Å². The Kier molecular flexibility index (Phi) is 7.43. The van der Waals surface area contributed by atoms with Crippen molar-refractivity contribution < 1.29 is 4.79 Å². The summed E-state index contributed by atoms with van der Waals surface area (Å²) in [5.41, 5.74) is 1.38. The highest BCUT2D eigenvalue weighted by Gasteiger charge is 2.21. The molecule has 0 saturated carbocycles. The molecule has 2 heterocycles. The van der Waals surface area contributed by atoms with Crippen LogP contribution in [0.1, 0.15) is 25.3 Å². The van der Waals surface area contributed by atoms with Crippen LogP contribution in [0.4, 0.5) is 0 Å². The quantitative estimate of drug-likeness (QED) is 0.628. The fourth-order valence-electron chi connectivity index (χ4n) is 3.18. The molecule has 140 valence electrons. The molecule has 0 N–H and O–H groups in total. The second kappa shape index (κ2) is 9.79. The van der Waals surface area contributed by atoms with E-state index in [0.717, 1.165) is 49.1 Å². The molecule has 1 fully saturated rings. The maximum Gasteiger partial charge on any atom is 0.223 e. The Labute approximate surface area is 169 Å². The van der Waals surface area contributed by atoms with Gasteiger partial charge in [0, 0.05) is 54.3 Å². The number of thiophene rings is 1. The first-order valence-electron chi connectivity index (χ1n) is 9.03. The molecule has 26 heavy (non-hydrogen) atoms. The van der Waals surface area contributed by atoms with Crippen molar-refractivity contribution in [1.82, 2.24) is 9.80 Å². The Bertz CT molecular complexity index is 690. The van der Waals surface area contributed by atoms with Gasteiger partial charge in [-0.25, -0.2) is 0 Å². The maximum absolute atomic E-state index is 12.7. The van der Waals surface area contributed by atoms with Gasteiger partial charge in [-0.05, 0) is 53.1 Å². The van der Waals surface area contributed by atoms with Gasteiger partial charge in [0.25, 0.3) is 0 Å². The molecule has 0 aliphatic carbocycles. The third-order valence-corrected chi connectivity index (χ3v) is 6.64. The minimum Gasteiger partial charge on any atom is -0.341 e. The third-order valence-electron chi connectivity index (χ3n) is 4.54. The van der Waals surface area contributed by atoms with Crippen LogP contribution in [0.15, 0.2) is 46.0 Å². The lowest BCUT2D eigenvalue weighted by Gasteiger charge is -2.23. The summed E-state index contributed by atoms with van der Waals surface area (Å²) in [7, 11) is 0. The minimum absolute atomic E-state index is 0.258. The van der Waals surface area contributed by atoms with Crippen molar-refractivity contribution >= 4 is 40.6 Å². The van der Waals surface area contributed by atoms with Crippen molar-refractivity contribution in [2.75, 3.05) is 26.2 Å². The lowest BCUT2D eigenvalue weighted by Crippen LogP contribution is -2.36. The topological polar surface area (TPSA) is 23.6 Å². The van der Waals surface area contributed by atoms with E-state index in [1.807, 2.05) is 29.2 Å². The molecule has 0 bridgehead atoms. The van der Waals surface area contributed by atoms with E-state index in [9.17, 15) is 4.79 Å². The summed E-state index contributed by atoms with van der Waals surface area (Å²) in [5.74, 6) is 0.274. The van der Waals surface area contributed by atoms with Gasteiger partial charge in [-0.2, -0.15) is 11.3 Å². The van der Waals surface area contributed by atoms with Crippen LogP contribution in [-0.2, 0) is 11.3 Å².